The van der Waals surface area contributed by atoms with Crippen molar-refractivity contribution in [3.05, 3.63) is 0 Å². The average Bonchev–Trinajstić information content (AvgIpc) is 2.30. The van der Waals surface area contributed by atoms with Crippen molar-refractivity contribution >= 4 is 12.1 Å². The summed E-state index contributed by atoms with van der Waals surface area (Å²) in [4.78, 5) is 22.2. The highest BCUT2D eigenvalue weighted by molar-refractivity contribution is 6.25. The van der Waals surface area contributed by atoms with Crippen molar-refractivity contribution in [1.82, 2.24) is 0 Å². The number of hydrogen-bond donors (Lipinski definition) is 1. The number of hydrogen-bond acceptors (Lipinski definition) is 3. The van der Waals surface area contributed by atoms with Crippen LogP contribution in [0.2, 0.25) is 0 Å². The number of ketones is 1. The van der Waals surface area contributed by atoms with Gasteiger partial charge in [0.1, 0.15) is 0 Å². The number of aldehydes is 1. The van der Waals surface area contributed by atoms with E-state index in [1.165, 1.54) is 0 Å². The fraction of sp³-hybridized carbons (Fsp3) is 0.857. The Hall–Kier alpha value is -0.700. The molecule has 17 heavy (non-hydrogen) atoms. The maximum atomic E-state index is 11.5. The van der Waals surface area contributed by atoms with Gasteiger partial charge in [0.25, 0.3) is 0 Å². The van der Waals surface area contributed by atoms with E-state index in [2.05, 4.69) is 13.8 Å². The van der Waals surface area contributed by atoms with Gasteiger partial charge in [0.15, 0.2) is 12.1 Å². The lowest BCUT2D eigenvalue weighted by Gasteiger charge is -2.56. The molecule has 0 radical (unpaired) electrons. The number of Topliss-reactive ketones (excluding diaryl/α,β-unsaturated/α-hetero) is 1. The van der Waals surface area contributed by atoms with Gasteiger partial charge >= 0.3 is 0 Å². The molecule has 3 heteroatoms. The SMILES string of the molecule is C[C@H]1CCC[C@]2(O)CC[C@@H](C(=O)C=O)C[C@]12C. The van der Waals surface area contributed by atoms with Crippen molar-refractivity contribution in [2.75, 3.05) is 0 Å². The van der Waals surface area contributed by atoms with Crippen LogP contribution in [0.4, 0.5) is 0 Å². The van der Waals surface area contributed by atoms with Crippen molar-refractivity contribution < 1.29 is 14.7 Å². The van der Waals surface area contributed by atoms with E-state index in [9.17, 15) is 14.7 Å². The monoisotopic (exact) mass is 238 g/mol. The van der Waals surface area contributed by atoms with Gasteiger partial charge < -0.3 is 5.11 Å². The lowest BCUT2D eigenvalue weighted by molar-refractivity contribution is -0.172. The zero-order valence-corrected chi connectivity index (χ0v) is 10.7. The summed E-state index contributed by atoms with van der Waals surface area (Å²) in [7, 11) is 0. The van der Waals surface area contributed by atoms with Crippen molar-refractivity contribution in [2.24, 2.45) is 17.3 Å². The largest absolute Gasteiger partial charge is 0.389 e. The van der Waals surface area contributed by atoms with Crippen LogP contribution in [0.1, 0.15) is 52.4 Å². The fourth-order valence-electron chi connectivity index (χ4n) is 3.93. The number of fused-ring (bicyclic) bond motifs is 1. The summed E-state index contributed by atoms with van der Waals surface area (Å²) in [6.07, 6.45) is 5.47. The number of aliphatic hydroxyl groups is 1. The molecule has 96 valence electrons. The third kappa shape index (κ3) is 1.85. The zero-order chi connectivity index (χ0) is 12.7. The van der Waals surface area contributed by atoms with Crippen molar-refractivity contribution in [2.45, 2.75) is 58.0 Å². The van der Waals surface area contributed by atoms with E-state index >= 15 is 0 Å². The first-order valence-corrected chi connectivity index (χ1v) is 6.64. The van der Waals surface area contributed by atoms with E-state index < -0.39 is 5.60 Å². The lowest BCUT2D eigenvalue weighted by atomic mass is 9.51. The zero-order valence-electron chi connectivity index (χ0n) is 10.7. The van der Waals surface area contributed by atoms with Crippen molar-refractivity contribution in [3.63, 3.8) is 0 Å². The molecule has 2 fully saturated rings. The first-order valence-electron chi connectivity index (χ1n) is 6.64. The molecule has 2 rings (SSSR count). The molecule has 3 nitrogen and oxygen atoms in total. The summed E-state index contributed by atoms with van der Waals surface area (Å²) in [5.74, 6) is -0.0344. The first kappa shape index (κ1) is 12.7. The summed E-state index contributed by atoms with van der Waals surface area (Å²) in [5, 5.41) is 10.8. The third-order valence-electron chi connectivity index (χ3n) is 5.47. The predicted octanol–water partition coefficient (Wildman–Crippen LogP) is 2.11. The molecule has 0 bridgehead atoms. The van der Waals surface area contributed by atoms with Crippen LogP contribution >= 0.6 is 0 Å². The van der Waals surface area contributed by atoms with Gasteiger partial charge in [-0.2, -0.15) is 0 Å². The van der Waals surface area contributed by atoms with E-state index in [0.29, 0.717) is 31.5 Å². The smallest absolute Gasteiger partial charge is 0.198 e. The van der Waals surface area contributed by atoms with Crippen molar-refractivity contribution in [1.29, 1.82) is 0 Å². The molecule has 0 heterocycles. The van der Waals surface area contributed by atoms with Gasteiger partial charge in [0, 0.05) is 5.92 Å². The van der Waals surface area contributed by atoms with Gasteiger partial charge in [-0.05, 0) is 43.4 Å². The molecular weight excluding hydrogens is 216 g/mol. The summed E-state index contributed by atoms with van der Waals surface area (Å²) >= 11 is 0. The van der Waals surface area contributed by atoms with Crippen LogP contribution in [0.3, 0.4) is 0 Å². The molecule has 0 saturated heterocycles. The standard InChI is InChI=1S/C14H22O3/c1-10-4-3-6-14(17)7-5-11(12(16)9-15)8-13(10,14)2/h9-11,17H,3-8H2,1-2H3/t10-,11+,13+,14-/m0/s1. The predicted molar refractivity (Wildman–Crippen MR) is 64.5 cm³/mol. The number of carbonyl (C=O) groups is 2. The Kier molecular flexibility index (Phi) is 3.15. The van der Waals surface area contributed by atoms with Gasteiger partial charge in [-0.3, -0.25) is 9.59 Å². The van der Waals surface area contributed by atoms with Gasteiger partial charge in [0.05, 0.1) is 5.60 Å². The Morgan fingerprint density at radius 1 is 1.35 bits per heavy atom. The number of rotatable bonds is 2. The van der Waals surface area contributed by atoms with Crippen LogP contribution in [0.15, 0.2) is 0 Å². The van der Waals surface area contributed by atoms with E-state index in [0.717, 1.165) is 19.3 Å². The van der Waals surface area contributed by atoms with Crippen LogP contribution in [0.25, 0.3) is 0 Å². The van der Waals surface area contributed by atoms with Gasteiger partial charge in [0.2, 0.25) is 0 Å². The molecule has 1 N–H and O–H groups in total. The lowest BCUT2D eigenvalue weighted by Crippen LogP contribution is -2.57. The second kappa shape index (κ2) is 4.20. The third-order valence-corrected chi connectivity index (χ3v) is 5.47. The van der Waals surface area contributed by atoms with Crippen LogP contribution < -0.4 is 0 Å². The Labute approximate surface area is 103 Å². The van der Waals surface area contributed by atoms with Gasteiger partial charge in [-0.1, -0.05) is 20.3 Å². The minimum Gasteiger partial charge on any atom is -0.389 e. The first-order chi connectivity index (χ1) is 7.93. The van der Waals surface area contributed by atoms with Gasteiger partial charge in [-0.25, -0.2) is 0 Å². The maximum absolute atomic E-state index is 11.5. The quantitative estimate of drug-likeness (QED) is 0.592. The molecule has 2 saturated carbocycles. The second-order valence-corrected chi connectivity index (χ2v) is 6.20. The topological polar surface area (TPSA) is 54.4 Å². The second-order valence-electron chi connectivity index (χ2n) is 6.20. The molecule has 0 spiro atoms. The summed E-state index contributed by atoms with van der Waals surface area (Å²) < 4.78 is 0. The Morgan fingerprint density at radius 2 is 2.06 bits per heavy atom. The molecule has 0 aliphatic heterocycles. The van der Waals surface area contributed by atoms with Crippen LogP contribution in [-0.2, 0) is 9.59 Å². The van der Waals surface area contributed by atoms with Gasteiger partial charge in [-0.15, -0.1) is 0 Å². The Balaban J connectivity index is 2.25. The van der Waals surface area contributed by atoms with Crippen LogP contribution in [0, 0.1) is 17.3 Å². The summed E-state index contributed by atoms with van der Waals surface area (Å²) in [6.45, 7) is 4.26. The maximum Gasteiger partial charge on any atom is 0.198 e. The molecule has 0 aromatic heterocycles. The minimum atomic E-state index is -0.621. The molecule has 0 aromatic carbocycles. The normalized spacial score (nSPS) is 46.1. The molecular formula is C14H22O3. The average molecular weight is 238 g/mol. The molecule has 2 aliphatic carbocycles. The van der Waals surface area contributed by atoms with E-state index in [1.54, 1.807) is 0 Å². The summed E-state index contributed by atoms with van der Waals surface area (Å²) in [5.41, 5.74) is -0.822. The van der Waals surface area contributed by atoms with E-state index in [4.69, 9.17) is 0 Å². The Morgan fingerprint density at radius 3 is 2.71 bits per heavy atom. The Bertz CT molecular complexity index is 338. The minimum absolute atomic E-state index is 0.168. The fourth-order valence-corrected chi connectivity index (χ4v) is 3.93. The number of carbonyl (C=O) groups excluding carboxylic acids is 2. The molecule has 0 unspecified atom stereocenters. The molecule has 0 amide bonds. The highest BCUT2D eigenvalue weighted by Crippen LogP contribution is 2.57. The van der Waals surface area contributed by atoms with Crippen molar-refractivity contribution in [3.8, 4) is 0 Å². The molecule has 4 atom stereocenters. The van der Waals surface area contributed by atoms with E-state index in [1.807, 2.05) is 0 Å². The van der Waals surface area contributed by atoms with Crippen LogP contribution in [-0.4, -0.2) is 22.8 Å². The van der Waals surface area contributed by atoms with Crippen LogP contribution in [0.5, 0.6) is 0 Å². The summed E-state index contributed by atoms with van der Waals surface area (Å²) in [6, 6.07) is 0. The van der Waals surface area contributed by atoms with E-state index in [-0.39, 0.29) is 17.1 Å². The molecule has 0 aromatic rings. The highest BCUT2D eigenvalue weighted by Gasteiger charge is 2.55. The molecule has 2 aliphatic rings. The highest BCUT2D eigenvalue weighted by atomic mass is 16.3.